The van der Waals surface area contributed by atoms with E-state index in [4.69, 9.17) is 39.0 Å². The average Bonchev–Trinajstić information content (AvgIpc) is 3.77. The van der Waals surface area contributed by atoms with E-state index in [1.165, 1.54) is 0 Å². The molecular weight excluding hydrogens is 769 g/mol. The number of anilines is 1. The number of aliphatic carboxylic acids is 1. The zero-order valence-corrected chi connectivity index (χ0v) is 35.7. The fourth-order valence-electron chi connectivity index (χ4n) is 8.83. The molecule has 0 spiro atoms. The summed E-state index contributed by atoms with van der Waals surface area (Å²) in [7, 11) is 3.77. The van der Waals surface area contributed by atoms with E-state index in [-0.39, 0.29) is 36.8 Å². The second kappa shape index (κ2) is 17.1. The van der Waals surface area contributed by atoms with Crippen molar-refractivity contribution in [1.82, 2.24) is 24.8 Å². The molecule has 2 aromatic carbocycles. The summed E-state index contributed by atoms with van der Waals surface area (Å²) in [6.45, 7) is 9.55. The molecule has 0 radical (unpaired) electrons. The van der Waals surface area contributed by atoms with Crippen LogP contribution in [0.2, 0.25) is 0 Å². The first-order valence-electron chi connectivity index (χ1n) is 20.9. The fraction of sp³-hybridized carbons (Fsp3) is 0.533. The van der Waals surface area contributed by atoms with Crippen LogP contribution < -0.4 is 14.4 Å². The summed E-state index contributed by atoms with van der Waals surface area (Å²) in [5.41, 5.74) is 1.27. The Balaban J connectivity index is 1.12. The summed E-state index contributed by atoms with van der Waals surface area (Å²) in [4.78, 5) is 47.1. The lowest BCUT2D eigenvalue weighted by molar-refractivity contribution is -0.137. The Hall–Kier alpha value is -4.79. The van der Waals surface area contributed by atoms with Gasteiger partial charge in [0.25, 0.3) is 0 Å². The molecule has 2 aliphatic heterocycles. The number of thiophene rings is 1. The van der Waals surface area contributed by atoms with E-state index in [0.29, 0.717) is 31.5 Å². The maximum Gasteiger partial charge on any atom is 0.410 e. The van der Waals surface area contributed by atoms with Gasteiger partial charge in [-0.3, -0.25) is 14.7 Å². The monoisotopic (exact) mass is 824 g/mol. The van der Waals surface area contributed by atoms with Crippen molar-refractivity contribution in [3.05, 3.63) is 48.7 Å². The Morgan fingerprint density at radius 2 is 1.75 bits per heavy atom. The number of carbonyl (C=O) groups excluding carboxylic acids is 1. The number of aromatic nitrogens is 3. The number of carboxylic acids is 1. The number of nitrogens with zero attached hydrogens (tertiary/aromatic N) is 6. The lowest BCUT2D eigenvalue weighted by atomic mass is 10.00. The average molecular weight is 825 g/mol. The molecule has 1 aliphatic carbocycles. The number of carbonyl (C=O) groups is 2. The second-order valence-electron chi connectivity index (χ2n) is 17.7. The van der Waals surface area contributed by atoms with Crippen molar-refractivity contribution in [3.63, 3.8) is 0 Å². The quantitative estimate of drug-likeness (QED) is 0.0709. The van der Waals surface area contributed by atoms with E-state index < -0.39 is 11.6 Å². The van der Waals surface area contributed by atoms with Crippen LogP contribution in [-0.2, 0) is 14.3 Å². The molecule has 14 heteroatoms. The van der Waals surface area contributed by atoms with E-state index in [0.717, 1.165) is 113 Å². The van der Waals surface area contributed by atoms with Crippen LogP contribution in [0.1, 0.15) is 78.6 Å². The molecule has 3 fully saturated rings. The molecule has 8 rings (SSSR count). The van der Waals surface area contributed by atoms with E-state index >= 15 is 0 Å². The van der Waals surface area contributed by atoms with Gasteiger partial charge in [-0.05, 0) is 102 Å². The molecule has 2 saturated heterocycles. The van der Waals surface area contributed by atoms with Gasteiger partial charge in [0.1, 0.15) is 22.0 Å². The zero-order chi connectivity index (χ0) is 41.3. The lowest BCUT2D eigenvalue weighted by Gasteiger charge is -2.42. The van der Waals surface area contributed by atoms with Crippen molar-refractivity contribution >= 4 is 60.3 Å². The highest BCUT2D eigenvalue weighted by atomic mass is 32.1. The highest BCUT2D eigenvalue weighted by molar-refractivity contribution is 7.26. The molecule has 5 aromatic rings. The van der Waals surface area contributed by atoms with Crippen molar-refractivity contribution in [3.8, 4) is 23.0 Å². The van der Waals surface area contributed by atoms with E-state index in [2.05, 4.69) is 35.0 Å². The highest BCUT2D eigenvalue weighted by Gasteiger charge is 2.46. The molecule has 1 amide bonds. The Kier molecular flexibility index (Phi) is 11.8. The van der Waals surface area contributed by atoms with Gasteiger partial charge >= 0.3 is 18.1 Å². The van der Waals surface area contributed by atoms with Gasteiger partial charge in [-0.15, -0.1) is 11.3 Å². The number of carboxylic acid groups (broad SMARTS) is 1. The molecule has 3 aliphatic rings. The zero-order valence-electron chi connectivity index (χ0n) is 34.9. The number of pyridine rings is 1. The Morgan fingerprint density at radius 3 is 2.47 bits per heavy atom. The number of fused-ring (bicyclic) bond motifs is 6. The third kappa shape index (κ3) is 9.19. The SMILES string of the molecule is COCOc1cc(-c2nccc3c2sc2nc(OCC4(CN(C)CCCCCCC(=O)O)CC4)nc(N4CC5CCC(C4)N5C(=O)OC(C)(C)C)c23)c2ccccc2c1. The van der Waals surface area contributed by atoms with Gasteiger partial charge < -0.3 is 33.9 Å². The van der Waals surface area contributed by atoms with Crippen LogP contribution in [0, 0.1) is 5.41 Å². The van der Waals surface area contributed by atoms with Crippen LogP contribution in [-0.4, -0.2) is 113 Å². The lowest BCUT2D eigenvalue weighted by Crippen LogP contribution is -2.57. The molecule has 5 heterocycles. The summed E-state index contributed by atoms with van der Waals surface area (Å²) in [6, 6.07) is 14.8. The molecule has 2 atom stereocenters. The van der Waals surface area contributed by atoms with Gasteiger partial charge in [0, 0.05) is 55.7 Å². The predicted octanol–water partition coefficient (Wildman–Crippen LogP) is 8.76. The maximum atomic E-state index is 13.4. The minimum atomic E-state index is -0.723. The van der Waals surface area contributed by atoms with Crippen LogP contribution in [0.3, 0.4) is 0 Å². The number of hydrogen-bond acceptors (Lipinski definition) is 12. The number of piperazine rings is 1. The van der Waals surface area contributed by atoms with Crippen LogP contribution in [0.25, 0.3) is 42.3 Å². The van der Waals surface area contributed by atoms with Gasteiger partial charge in [0.15, 0.2) is 6.79 Å². The number of unbranched alkanes of at least 4 members (excludes halogenated alkanes) is 3. The van der Waals surface area contributed by atoms with Crippen LogP contribution >= 0.6 is 11.3 Å². The Bertz CT molecular complexity index is 2310. The maximum absolute atomic E-state index is 13.4. The minimum absolute atomic E-state index is 0.00348. The number of ether oxygens (including phenoxy) is 4. The summed E-state index contributed by atoms with van der Waals surface area (Å²) < 4.78 is 24.7. The smallest absolute Gasteiger partial charge is 0.410 e. The number of amides is 1. The van der Waals surface area contributed by atoms with Gasteiger partial charge in [0.05, 0.1) is 34.5 Å². The summed E-state index contributed by atoms with van der Waals surface area (Å²) in [6.07, 6.45) is 9.58. The van der Waals surface area contributed by atoms with Crippen LogP contribution in [0.5, 0.6) is 11.8 Å². The van der Waals surface area contributed by atoms with Crippen LogP contribution in [0.4, 0.5) is 10.6 Å². The summed E-state index contributed by atoms with van der Waals surface area (Å²) in [5.74, 6) is 0.797. The van der Waals surface area contributed by atoms with E-state index in [1.807, 2.05) is 56.1 Å². The molecule has 13 nitrogen and oxygen atoms in total. The topological polar surface area (TPSA) is 140 Å². The molecule has 314 valence electrons. The first kappa shape index (κ1) is 41.0. The predicted molar refractivity (Wildman–Crippen MR) is 231 cm³/mol. The molecule has 2 unspecified atom stereocenters. The van der Waals surface area contributed by atoms with E-state index in [1.54, 1.807) is 18.4 Å². The number of methoxy groups -OCH3 is 1. The van der Waals surface area contributed by atoms with Crippen molar-refractivity contribution in [2.45, 2.75) is 96.2 Å². The minimum Gasteiger partial charge on any atom is -0.481 e. The van der Waals surface area contributed by atoms with Crippen molar-refractivity contribution < 1.29 is 33.6 Å². The summed E-state index contributed by atoms with van der Waals surface area (Å²) in [5, 5.41) is 13.0. The van der Waals surface area contributed by atoms with Crippen molar-refractivity contribution in [2.24, 2.45) is 5.41 Å². The molecule has 3 aromatic heterocycles. The third-order valence-corrected chi connectivity index (χ3v) is 12.9. The summed E-state index contributed by atoms with van der Waals surface area (Å²) >= 11 is 1.60. The van der Waals surface area contributed by atoms with Gasteiger partial charge in [-0.25, -0.2) is 4.79 Å². The molecular formula is C45H56N6O7S. The largest absolute Gasteiger partial charge is 0.481 e. The van der Waals surface area contributed by atoms with Gasteiger partial charge in [-0.1, -0.05) is 37.1 Å². The van der Waals surface area contributed by atoms with Crippen molar-refractivity contribution in [1.29, 1.82) is 0 Å². The highest BCUT2D eigenvalue weighted by Crippen LogP contribution is 2.48. The Labute approximate surface area is 349 Å². The number of hydrogen-bond donors (Lipinski definition) is 1. The number of benzene rings is 2. The fourth-order valence-corrected chi connectivity index (χ4v) is 9.99. The standard InChI is InChI=1S/C45H56N6O7S/c1-44(2,3)58-43(54)51-30-15-16-31(51)25-50(24-30)40-37-34-17-20-46-38(35-23-32(57-28-55-5)22-29-12-9-10-13-33(29)35)39(34)59-41(37)48-42(47-40)56-27-45(18-19-45)26-49(4)21-11-7-6-8-14-36(52)53/h9-10,12-13,17,20,22-23,30-31H,6-8,11,14-16,18-19,21,24-28H2,1-5H3,(H,52,53). The molecule has 59 heavy (non-hydrogen) atoms. The van der Waals surface area contributed by atoms with Crippen LogP contribution in [0.15, 0.2) is 48.7 Å². The normalized spacial score (nSPS) is 18.6. The third-order valence-electron chi connectivity index (χ3n) is 11.8. The van der Waals surface area contributed by atoms with E-state index in [9.17, 15) is 9.59 Å². The molecule has 2 bridgehead atoms. The first-order chi connectivity index (χ1) is 28.4. The second-order valence-corrected chi connectivity index (χ2v) is 18.7. The number of rotatable bonds is 17. The molecule has 1 saturated carbocycles. The van der Waals surface area contributed by atoms with Gasteiger partial charge in [0.2, 0.25) is 0 Å². The molecule has 1 N–H and O–H groups in total. The van der Waals surface area contributed by atoms with Gasteiger partial charge in [-0.2, -0.15) is 9.97 Å². The first-order valence-corrected chi connectivity index (χ1v) is 21.8. The van der Waals surface area contributed by atoms with Crippen molar-refractivity contribution in [2.75, 3.05) is 58.6 Å². The Morgan fingerprint density at radius 1 is 0.983 bits per heavy atom.